The summed E-state index contributed by atoms with van der Waals surface area (Å²) < 4.78 is 0. The van der Waals surface area contributed by atoms with Gasteiger partial charge in [0.15, 0.2) is 0 Å². The Bertz CT molecular complexity index is 470. The van der Waals surface area contributed by atoms with Gasteiger partial charge in [0, 0.05) is 25.3 Å². The van der Waals surface area contributed by atoms with Gasteiger partial charge >= 0.3 is 6.03 Å². The first-order valence-corrected chi connectivity index (χ1v) is 5.23. The number of anilines is 1. The van der Waals surface area contributed by atoms with Crippen LogP contribution in [0.3, 0.4) is 0 Å². The molecule has 0 bridgehead atoms. The first-order valence-electron chi connectivity index (χ1n) is 5.23. The number of hydrogen-bond acceptors (Lipinski definition) is 2. The summed E-state index contributed by atoms with van der Waals surface area (Å²) in [6.45, 7) is 1.74. The van der Waals surface area contributed by atoms with Gasteiger partial charge in [-0.05, 0) is 24.6 Å². The molecule has 1 aromatic carbocycles. The molecule has 0 aliphatic carbocycles. The van der Waals surface area contributed by atoms with Crippen molar-refractivity contribution in [3.8, 4) is 11.8 Å². The Morgan fingerprint density at radius 1 is 1.47 bits per heavy atom. The van der Waals surface area contributed by atoms with Crippen LogP contribution < -0.4 is 5.32 Å². The summed E-state index contributed by atoms with van der Waals surface area (Å²) in [5.41, 5.74) is 2.46. The van der Waals surface area contributed by atoms with Gasteiger partial charge in [-0.3, -0.25) is 0 Å². The normalized spacial score (nSPS) is 9.18. The maximum absolute atomic E-state index is 11.5. The molecule has 0 aliphatic heterocycles. The second-order valence-electron chi connectivity index (χ2n) is 3.81. The Balaban J connectivity index is 2.94. The highest BCUT2D eigenvalue weighted by Gasteiger charge is 2.06. The van der Waals surface area contributed by atoms with Gasteiger partial charge in [0.25, 0.3) is 0 Å². The van der Waals surface area contributed by atoms with E-state index in [-0.39, 0.29) is 12.6 Å². The third-order valence-electron chi connectivity index (χ3n) is 2.20. The Kier molecular flexibility index (Phi) is 4.56. The highest BCUT2D eigenvalue weighted by atomic mass is 16.2. The standard InChI is InChI=1S/C13H16N2O2/c1-10-6-7-11(5-4-8-16)9-12(10)14-13(17)15(2)3/h6-7,9,16H,8H2,1-3H3,(H,14,17). The molecule has 2 N–H and O–H groups in total. The zero-order valence-corrected chi connectivity index (χ0v) is 10.2. The molecule has 0 aromatic heterocycles. The number of carbonyl (C=O) groups excluding carboxylic acids is 1. The van der Waals surface area contributed by atoms with Crippen LogP contribution in [0.5, 0.6) is 0 Å². The van der Waals surface area contributed by atoms with E-state index in [1.165, 1.54) is 4.90 Å². The van der Waals surface area contributed by atoms with Gasteiger partial charge in [-0.1, -0.05) is 17.9 Å². The number of rotatable bonds is 1. The van der Waals surface area contributed by atoms with E-state index in [0.717, 1.165) is 16.8 Å². The number of benzene rings is 1. The van der Waals surface area contributed by atoms with E-state index < -0.39 is 0 Å². The Hall–Kier alpha value is -1.99. The average molecular weight is 232 g/mol. The van der Waals surface area contributed by atoms with Gasteiger partial charge in [-0.25, -0.2) is 4.79 Å². The summed E-state index contributed by atoms with van der Waals surface area (Å²) in [4.78, 5) is 13.0. The van der Waals surface area contributed by atoms with Crippen molar-refractivity contribution in [2.24, 2.45) is 0 Å². The van der Waals surface area contributed by atoms with Crippen LogP contribution in [-0.2, 0) is 0 Å². The molecular weight excluding hydrogens is 216 g/mol. The number of nitrogens with one attached hydrogen (secondary N) is 1. The van der Waals surface area contributed by atoms with Crippen molar-refractivity contribution in [3.63, 3.8) is 0 Å². The monoisotopic (exact) mass is 232 g/mol. The lowest BCUT2D eigenvalue weighted by Gasteiger charge is -2.13. The van der Waals surface area contributed by atoms with Gasteiger partial charge in [0.2, 0.25) is 0 Å². The molecule has 4 heteroatoms. The predicted molar refractivity (Wildman–Crippen MR) is 67.8 cm³/mol. The van der Waals surface area contributed by atoms with Gasteiger partial charge in [-0.2, -0.15) is 0 Å². The first-order chi connectivity index (χ1) is 8.04. The second kappa shape index (κ2) is 5.92. The lowest BCUT2D eigenvalue weighted by atomic mass is 10.1. The minimum atomic E-state index is -0.180. The quantitative estimate of drug-likeness (QED) is 0.720. The zero-order valence-electron chi connectivity index (χ0n) is 10.2. The molecule has 17 heavy (non-hydrogen) atoms. The van der Waals surface area contributed by atoms with Crippen LogP contribution >= 0.6 is 0 Å². The molecule has 2 amide bonds. The average Bonchev–Trinajstić information content (AvgIpc) is 2.29. The Morgan fingerprint density at radius 2 is 2.18 bits per heavy atom. The van der Waals surface area contributed by atoms with Gasteiger partial charge in [0.1, 0.15) is 6.61 Å². The van der Waals surface area contributed by atoms with Crippen molar-refractivity contribution in [3.05, 3.63) is 29.3 Å². The minimum absolute atomic E-state index is 0.173. The van der Waals surface area contributed by atoms with Gasteiger partial charge < -0.3 is 15.3 Å². The van der Waals surface area contributed by atoms with Crippen LogP contribution in [0.25, 0.3) is 0 Å². The third kappa shape index (κ3) is 3.82. The van der Waals surface area contributed by atoms with Crippen molar-refractivity contribution in [1.29, 1.82) is 0 Å². The Labute approximate surface area is 101 Å². The van der Waals surface area contributed by atoms with Crippen molar-refractivity contribution in [2.45, 2.75) is 6.92 Å². The van der Waals surface area contributed by atoms with E-state index in [4.69, 9.17) is 5.11 Å². The molecule has 0 spiro atoms. The number of aryl methyl sites for hydroxylation is 1. The topological polar surface area (TPSA) is 52.6 Å². The molecule has 4 nitrogen and oxygen atoms in total. The zero-order chi connectivity index (χ0) is 12.8. The number of amides is 2. The predicted octanol–water partition coefficient (Wildman–Crippen LogP) is 1.43. The molecule has 0 saturated carbocycles. The van der Waals surface area contributed by atoms with Gasteiger partial charge in [-0.15, -0.1) is 0 Å². The van der Waals surface area contributed by atoms with E-state index in [1.807, 2.05) is 19.1 Å². The molecule has 0 radical (unpaired) electrons. The molecule has 90 valence electrons. The van der Waals surface area contributed by atoms with Crippen LogP contribution in [0.4, 0.5) is 10.5 Å². The van der Waals surface area contributed by atoms with Crippen molar-refractivity contribution >= 4 is 11.7 Å². The van der Waals surface area contributed by atoms with E-state index in [1.54, 1.807) is 20.2 Å². The fourth-order valence-electron chi connectivity index (χ4n) is 1.20. The SMILES string of the molecule is Cc1ccc(C#CCO)cc1NC(=O)N(C)C. The summed E-state index contributed by atoms with van der Waals surface area (Å²) in [5, 5.41) is 11.4. The number of aliphatic hydroxyl groups excluding tert-OH is 1. The van der Waals surface area contributed by atoms with Crippen LogP contribution in [0.1, 0.15) is 11.1 Å². The number of hydrogen-bond donors (Lipinski definition) is 2. The fraction of sp³-hybridized carbons (Fsp3) is 0.308. The molecular formula is C13H16N2O2. The van der Waals surface area contributed by atoms with Crippen LogP contribution in [0.2, 0.25) is 0 Å². The molecule has 0 aliphatic rings. The third-order valence-corrected chi connectivity index (χ3v) is 2.20. The van der Waals surface area contributed by atoms with Crippen molar-refractivity contribution in [2.75, 3.05) is 26.0 Å². The number of aliphatic hydroxyl groups is 1. The maximum Gasteiger partial charge on any atom is 0.321 e. The molecule has 0 unspecified atom stereocenters. The number of carbonyl (C=O) groups is 1. The van der Waals surface area contributed by atoms with E-state index >= 15 is 0 Å². The molecule has 1 aromatic rings. The summed E-state index contributed by atoms with van der Waals surface area (Å²) in [6.07, 6.45) is 0. The molecule has 1 rings (SSSR count). The Morgan fingerprint density at radius 3 is 2.76 bits per heavy atom. The molecule has 0 heterocycles. The highest BCUT2D eigenvalue weighted by Crippen LogP contribution is 2.16. The van der Waals surface area contributed by atoms with E-state index in [2.05, 4.69) is 17.2 Å². The lowest BCUT2D eigenvalue weighted by molar-refractivity contribution is 0.230. The van der Waals surface area contributed by atoms with Crippen molar-refractivity contribution in [1.82, 2.24) is 4.90 Å². The van der Waals surface area contributed by atoms with E-state index in [0.29, 0.717) is 0 Å². The summed E-state index contributed by atoms with van der Waals surface area (Å²) in [5.74, 6) is 5.37. The highest BCUT2D eigenvalue weighted by molar-refractivity contribution is 5.90. The van der Waals surface area contributed by atoms with Gasteiger partial charge in [0.05, 0.1) is 0 Å². The summed E-state index contributed by atoms with van der Waals surface area (Å²) in [6, 6.07) is 5.34. The van der Waals surface area contributed by atoms with Crippen LogP contribution in [0.15, 0.2) is 18.2 Å². The largest absolute Gasteiger partial charge is 0.384 e. The first kappa shape index (κ1) is 13.1. The van der Waals surface area contributed by atoms with Crippen molar-refractivity contribution < 1.29 is 9.90 Å². The van der Waals surface area contributed by atoms with Crippen LogP contribution in [0, 0.1) is 18.8 Å². The molecule has 0 saturated heterocycles. The molecule has 0 atom stereocenters. The second-order valence-corrected chi connectivity index (χ2v) is 3.81. The molecule has 0 fully saturated rings. The summed E-state index contributed by atoms with van der Waals surface area (Å²) in [7, 11) is 3.36. The maximum atomic E-state index is 11.5. The number of nitrogens with zero attached hydrogens (tertiary/aromatic N) is 1. The smallest absolute Gasteiger partial charge is 0.321 e. The fourth-order valence-corrected chi connectivity index (χ4v) is 1.20. The minimum Gasteiger partial charge on any atom is -0.384 e. The van der Waals surface area contributed by atoms with E-state index in [9.17, 15) is 4.79 Å². The van der Waals surface area contributed by atoms with Crippen LogP contribution in [-0.4, -0.2) is 36.7 Å². The lowest BCUT2D eigenvalue weighted by Crippen LogP contribution is -2.27. The number of urea groups is 1. The summed E-state index contributed by atoms with van der Waals surface area (Å²) >= 11 is 0.